The second kappa shape index (κ2) is 6.31. The number of aromatic carboxylic acids is 1. The Hall–Kier alpha value is -1.92. The molecule has 0 aliphatic heterocycles. The average molecular weight is 264 g/mol. The molecular formula is C13H16N2O4. The van der Waals surface area contributed by atoms with E-state index in [1.54, 1.807) is 23.9 Å². The summed E-state index contributed by atoms with van der Waals surface area (Å²) < 4.78 is 11.9. The second-order valence-corrected chi connectivity index (χ2v) is 4.00. The first-order valence-electron chi connectivity index (χ1n) is 5.99. The van der Waals surface area contributed by atoms with Crippen molar-refractivity contribution in [1.29, 1.82) is 0 Å². The number of carboxylic acid groups (broad SMARTS) is 1. The monoisotopic (exact) mass is 264 g/mol. The molecule has 0 unspecified atom stereocenters. The van der Waals surface area contributed by atoms with E-state index in [1.165, 1.54) is 0 Å². The number of carbonyl (C=O) groups is 1. The van der Waals surface area contributed by atoms with Gasteiger partial charge in [-0.1, -0.05) is 18.2 Å². The molecule has 0 atom stereocenters. The van der Waals surface area contributed by atoms with Crippen LogP contribution in [0.15, 0.2) is 24.3 Å². The fourth-order valence-electron chi connectivity index (χ4n) is 1.85. The molecule has 102 valence electrons. The molecule has 19 heavy (non-hydrogen) atoms. The molecule has 2 aromatic rings. The van der Waals surface area contributed by atoms with Crippen molar-refractivity contribution in [1.82, 2.24) is 9.78 Å². The van der Waals surface area contributed by atoms with Crippen LogP contribution in [0.3, 0.4) is 0 Å². The van der Waals surface area contributed by atoms with Crippen molar-refractivity contribution in [2.75, 3.05) is 26.9 Å². The Balaban J connectivity index is 2.12. The maximum Gasteiger partial charge on any atom is 0.357 e. The second-order valence-electron chi connectivity index (χ2n) is 4.00. The summed E-state index contributed by atoms with van der Waals surface area (Å²) in [4.78, 5) is 11.1. The van der Waals surface area contributed by atoms with E-state index < -0.39 is 5.97 Å². The molecule has 2 rings (SSSR count). The number of hydrogen-bond donors (Lipinski definition) is 1. The van der Waals surface area contributed by atoms with Crippen molar-refractivity contribution in [2.45, 2.75) is 6.54 Å². The zero-order chi connectivity index (χ0) is 13.7. The number of ether oxygens (including phenoxy) is 2. The van der Waals surface area contributed by atoms with Gasteiger partial charge in [0.1, 0.15) is 0 Å². The normalized spacial score (nSPS) is 11.0. The van der Waals surface area contributed by atoms with Crippen LogP contribution in [0.5, 0.6) is 0 Å². The molecule has 0 fully saturated rings. The third kappa shape index (κ3) is 3.10. The molecule has 0 radical (unpaired) electrons. The zero-order valence-corrected chi connectivity index (χ0v) is 10.7. The molecule has 0 saturated heterocycles. The zero-order valence-electron chi connectivity index (χ0n) is 10.7. The van der Waals surface area contributed by atoms with Gasteiger partial charge in [-0.3, -0.25) is 4.68 Å². The van der Waals surface area contributed by atoms with Gasteiger partial charge in [0, 0.05) is 12.5 Å². The lowest BCUT2D eigenvalue weighted by Crippen LogP contribution is -2.11. The number of hydrogen-bond acceptors (Lipinski definition) is 4. The van der Waals surface area contributed by atoms with Crippen molar-refractivity contribution in [3.63, 3.8) is 0 Å². The van der Waals surface area contributed by atoms with E-state index in [1.807, 2.05) is 12.1 Å². The summed E-state index contributed by atoms with van der Waals surface area (Å²) in [6.07, 6.45) is 0. The molecule has 0 saturated carbocycles. The highest BCUT2D eigenvalue weighted by atomic mass is 16.5. The number of para-hydroxylation sites is 1. The van der Waals surface area contributed by atoms with Gasteiger partial charge in [-0.25, -0.2) is 4.79 Å². The van der Waals surface area contributed by atoms with Crippen LogP contribution in [0.1, 0.15) is 10.5 Å². The van der Waals surface area contributed by atoms with Crippen LogP contribution in [0.2, 0.25) is 0 Å². The molecule has 0 aliphatic rings. The molecule has 0 bridgehead atoms. The van der Waals surface area contributed by atoms with E-state index in [2.05, 4.69) is 5.10 Å². The topological polar surface area (TPSA) is 73.6 Å². The largest absolute Gasteiger partial charge is 0.476 e. The van der Waals surface area contributed by atoms with E-state index in [0.717, 1.165) is 5.52 Å². The van der Waals surface area contributed by atoms with Gasteiger partial charge in [0.15, 0.2) is 5.69 Å². The number of fused-ring (bicyclic) bond motifs is 1. The molecule has 6 heteroatoms. The minimum Gasteiger partial charge on any atom is -0.476 e. The summed E-state index contributed by atoms with van der Waals surface area (Å²) >= 11 is 0. The Kier molecular flexibility index (Phi) is 4.48. The third-order valence-electron chi connectivity index (χ3n) is 2.74. The van der Waals surface area contributed by atoms with Gasteiger partial charge in [0.25, 0.3) is 0 Å². The van der Waals surface area contributed by atoms with Crippen molar-refractivity contribution in [2.24, 2.45) is 0 Å². The van der Waals surface area contributed by atoms with Crippen LogP contribution in [0.25, 0.3) is 10.9 Å². The van der Waals surface area contributed by atoms with Gasteiger partial charge >= 0.3 is 5.97 Å². The number of nitrogens with zero attached hydrogens (tertiary/aromatic N) is 2. The Morgan fingerprint density at radius 2 is 2.11 bits per heavy atom. The van der Waals surface area contributed by atoms with Crippen LogP contribution in [0.4, 0.5) is 0 Å². The number of benzene rings is 1. The molecular weight excluding hydrogens is 248 g/mol. The van der Waals surface area contributed by atoms with Gasteiger partial charge in [0.2, 0.25) is 0 Å². The summed E-state index contributed by atoms with van der Waals surface area (Å²) in [5.41, 5.74) is 0.878. The van der Waals surface area contributed by atoms with Crippen molar-refractivity contribution < 1.29 is 19.4 Å². The Labute approximate surface area is 110 Å². The van der Waals surface area contributed by atoms with E-state index >= 15 is 0 Å². The SMILES string of the molecule is COCCOCCn1nc(C(=O)O)c2ccccc21. The first-order valence-corrected chi connectivity index (χ1v) is 5.99. The molecule has 0 amide bonds. The number of carboxylic acids is 1. The van der Waals surface area contributed by atoms with Crippen molar-refractivity contribution in [3.05, 3.63) is 30.0 Å². The fourth-order valence-corrected chi connectivity index (χ4v) is 1.85. The van der Waals surface area contributed by atoms with Gasteiger partial charge in [-0.05, 0) is 6.07 Å². The standard InChI is InChI=1S/C13H16N2O4/c1-18-8-9-19-7-6-15-11-5-3-2-4-10(11)12(14-15)13(16)17/h2-5H,6-9H2,1H3,(H,16,17). The smallest absolute Gasteiger partial charge is 0.357 e. The summed E-state index contributed by atoms with van der Waals surface area (Å²) in [7, 11) is 1.61. The van der Waals surface area contributed by atoms with Gasteiger partial charge in [-0.2, -0.15) is 5.10 Å². The average Bonchev–Trinajstić information content (AvgIpc) is 2.78. The quantitative estimate of drug-likeness (QED) is 0.765. The fraction of sp³-hybridized carbons (Fsp3) is 0.385. The molecule has 1 aromatic carbocycles. The number of methoxy groups -OCH3 is 1. The number of aromatic nitrogens is 2. The van der Waals surface area contributed by atoms with E-state index in [4.69, 9.17) is 14.6 Å². The van der Waals surface area contributed by atoms with Crippen LogP contribution < -0.4 is 0 Å². The first kappa shape index (κ1) is 13.5. The number of rotatable bonds is 7. The summed E-state index contributed by atoms with van der Waals surface area (Å²) in [5.74, 6) is -1.02. The lowest BCUT2D eigenvalue weighted by atomic mass is 10.2. The molecule has 1 aromatic heterocycles. The van der Waals surface area contributed by atoms with E-state index in [9.17, 15) is 4.79 Å². The highest BCUT2D eigenvalue weighted by Gasteiger charge is 2.15. The maximum atomic E-state index is 11.1. The van der Waals surface area contributed by atoms with E-state index in [-0.39, 0.29) is 5.69 Å². The minimum absolute atomic E-state index is 0.0764. The summed E-state index contributed by atoms with van der Waals surface area (Å²) in [6, 6.07) is 7.27. The third-order valence-corrected chi connectivity index (χ3v) is 2.74. The van der Waals surface area contributed by atoms with Crippen molar-refractivity contribution >= 4 is 16.9 Å². The lowest BCUT2D eigenvalue weighted by molar-refractivity contribution is 0.0649. The first-order chi connectivity index (χ1) is 9.24. The predicted molar refractivity (Wildman–Crippen MR) is 69.4 cm³/mol. The van der Waals surface area contributed by atoms with Gasteiger partial charge in [-0.15, -0.1) is 0 Å². The highest BCUT2D eigenvalue weighted by Crippen LogP contribution is 2.18. The van der Waals surface area contributed by atoms with Crippen LogP contribution in [-0.2, 0) is 16.0 Å². The summed E-state index contributed by atoms with van der Waals surface area (Å²) in [5, 5.41) is 13.9. The lowest BCUT2D eigenvalue weighted by Gasteiger charge is -2.04. The van der Waals surface area contributed by atoms with E-state index in [0.29, 0.717) is 31.8 Å². The Bertz CT molecular complexity index is 565. The highest BCUT2D eigenvalue weighted by molar-refractivity contribution is 6.01. The molecule has 0 spiro atoms. The van der Waals surface area contributed by atoms with Gasteiger partial charge < -0.3 is 14.6 Å². The van der Waals surface area contributed by atoms with Crippen LogP contribution in [-0.4, -0.2) is 47.8 Å². The van der Waals surface area contributed by atoms with Crippen LogP contribution >= 0.6 is 0 Å². The Morgan fingerprint density at radius 1 is 1.32 bits per heavy atom. The van der Waals surface area contributed by atoms with Gasteiger partial charge in [0.05, 0.1) is 31.9 Å². The molecule has 6 nitrogen and oxygen atoms in total. The predicted octanol–water partition coefficient (Wildman–Crippen LogP) is 1.40. The maximum absolute atomic E-state index is 11.1. The molecule has 1 heterocycles. The van der Waals surface area contributed by atoms with Crippen LogP contribution in [0, 0.1) is 0 Å². The molecule has 0 aliphatic carbocycles. The summed E-state index contributed by atoms with van der Waals surface area (Å²) in [6.45, 7) is 2.04. The molecule has 1 N–H and O–H groups in total. The Morgan fingerprint density at radius 3 is 2.84 bits per heavy atom. The minimum atomic E-state index is -1.02. The van der Waals surface area contributed by atoms with Crippen molar-refractivity contribution in [3.8, 4) is 0 Å².